The van der Waals surface area contributed by atoms with Gasteiger partial charge in [-0.3, -0.25) is 9.69 Å². The molecule has 19 heavy (non-hydrogen) atoms. The summed E-state index contributed by atoms with van der Waals surface area (Å²) in [7, 11) is 0. The molecule has 0 N–H and O–H groups in total. The van der Waals surface area contributed by atoms with Crippen molar-refractivity contribution in [1.82, 2.24) is 9.88 Å². The maximum Gasteiger partial charge on any atom is 0.261 e. The van der Waals surface area contributed by atoms with Crippen LogP contribution in [0.3, 0.4) is 0 Å². The fourth-order valence-electron chi connectivity index (χ4n) is 2.15. The van der Waals surface area contributed by atoms with E-state index in [1.54, 1.807) is 11.8 Å². The molecule has 3 nitrogen and oxygen atoms in total. The molecular weight excluding hydrogens is 294 g/mol. The maximum atomic E-state index is 13.0. The van der Waals surface area contributed by atoms with Crippen molar-refractivity contribution in [3.63, 3.8) is 0 Å². The first kappa shape index (κ1) is 14.8. The van der Waals surface area contributed by atoms with Crippen LogP contribution in [0.1, 0.15) is 33.9 Å². The predicted molar refractivity (Wildman–Crippen MR) is 71.4 cm³/mol. The molecule has 0 spiro atoms. The summed E-state index contributed by atoms with van der Waals surface area (Å²) < 4.78 is 25.9. The Hall–Kier alpha value is -0.590. The van der Waals surface area contributed by atoms with E-state index in [1.807, 2.05) is 0 Å². The van der Waals surface area contributed by atoms with Crippen LogP contribution < -0.4 is 0 Å². The zero-order chi connectivity index (χ0) is 14.0. The van der Waals surface area contributed by atoms with Gasteiger partial charge in [0.05, 0.1) is 11.6 Å². The molecule has 1 saturated heterocycles. The van der Waals surface area contributed by atoms with E-state index in [0.717, 1.165) is 5.01 Å². The third-order valence-corrected chi connectivity index (χ3v) is 4.47. The van der Waals surface area contributed by atoms with Crippen molar-refractivity contribution < 1.29 is 13.6 Å². The van der Waals surface area contributed by atoms with Crippen molar-refractivity contribution in [2.45, 2.75) is 32.1 Å². The van der Waals surface area contributed by atoms with Crippen LogP contribution in [0.25, 0.3) is 0 Å². The highest BCUT2D eigenvalue weighted by Crippen LogP contribution is 2.27. The van der Waals surface area contributed by atoms with E-state index in [4.69, 9.17) is 11.6 Å². The van der Waals surface area contributed by atoms with E-state index >= 15 is 0 Å². The van der Waals surface area contributed by atoms with Crippen LogP contribution in [0.2, 0.25) is 5.15 Å². The van der Waals surface area contributed by atoms with Crippen molar-refractivity contribution >= 4 is 28.7 Å². The number of likely N-dealkylation sites (tertiary alicyclic amines) is 1. The van der Waals surface area contributed by atoms with Gasteiger partial charge in [0.25, 0.3) is 5.92 Å². The molecule has 0 unspecified atom stereocenters. The van der Waals surface area contributed by atoms with Gasteiger partial charge < -0.3 is 0 Å². The molecule has 1 aliphatic heterocycles. The lowest BCUT2D eigenvalue weighted by atomic mass is 10.2. The molecule has 0 aliphatic carbocycles. The average molecular weight is 309 g/mol. The lowest BCUT2D eigenvalue weighted by molar-refractivity contribution is 0.0122. The van der Waals surface area contributed by atoms with E-state index < -0.39 is 5.92 Å². The number of aromatic nitrogens is 1. The molecular formula is C12H15ClF2N2OS. The van der Waals surface area contributed by atoms with Gasteiger partial charge in [-0.1, -0.05) is 11.6 Å². The van der Waals surface area contributed by atoms with Gasteiger partial charge in [0.15, 0.2) is 10.9 Å². The highest BCUT2D eigenvalue weighted by atomic mass is 35.5. The van der Waals surface area contributed by atoms with Gasteiger partial charge in [0.2, 0.25) is 0 Å². The minimum atomic E-state index is -2.57. The van der Waals surface area contributed by atoms with E-state index in [9.17, 15) is 13.6 Å². The van der Waals surface area contributed by atoms with Gasteiger partial charge in [-0.05, 0) is 19.9 Å². The minimum absolute atomic E-state index is 0.0541. The van der Waals surface area contributed by atoms with Gasteiger partial charge in [-0.2, -0.15) is 0 Å². The van der Waals surface area contributed by atoms with Crippen molar-refractivity contribution in [3.8, 4) is 0 Å². The number of carbonyl (C=O) groups excluding carboxylic acids is 1. The molecule has 2 heterocycles. The lowest BCUT2D eigenvalue weighted by Crippen LogP contribution is -2.26. The number of Topliss-reactive ketones (excluding diaryl/α,β-unsaturated/α-hetero) is 1. The Labute approximate surface area is 119 Å². The van der Waals surface area contributed by atoms with Crippen LogP contribution >= 0.6 is 22.9 Å². The molecule has 1 aliphatic rings. The van der Waals surface area contributed by atoms with Gasteiger partial charge in [-0.25, -0.2) is 13.8 Å². The highest BCUT2D eigenvalue weighted by Gasteiger charge is 2.37. The minimum Gasteiger partial charge on any atom is -0.297 e. The van der Waals surface area contributed by atoms with E-state index in [1.165, 1.54) is 11.3 Å². The third kappa shape index (κ3) is 3.94. The Bertz CT molecular complexity index is 478. The number of ketones is 1. The maximum absolute atomic E-state index is 13.0. The second-order valence-corrected chi connectivity index (χ2v) is 6.32. The predicted octanol–water partition coefficient (Wildman–Crippen LogP) is 3.41. The summed E-state index contributed by atoms with van der Waals surface area (Å²) in [4.78, 5) is 18.1. The first-order valence-electron chi connectivity index (χ1n) is 6.14. The molecule has 0 radical (unpaired) electrons. The average Bonchev–Trinajstić information content (AvgIpc) is 2.81. The number of aryl methyl sites for hydroxylation is 1. The van der Waals surface area contributed by atoms with Crippen molar-refractivity contribution in [1.29, 1.82) is 0 Å². The number of hydrogen-bond donors (Lipinski definition) is 0. The van der Waals surface area contributed by atoms with Crippen LogP contribution in [0.4, 0.5) is 8.78 Å². The molecule has 7 heteroatoms. The molecule has 2 rings (SSSR count). The van der Waals surface area contributed by atoms with Crippen LogP contribution in [-0.2, 0) is 0 Å². The number of halogens is 3. The molecule has 106 valence electrons. The van der Waals surface area contributed by atoms with Gasteiger partial charge in [0.1, 0.15) is 4.88 Å². The molecule has 1 aromatic heterocycles. The van der Waals surface area contributed by atoms with Crippen LogP contribution in [0.5, 0.6) is 0 Å². The summed E-state index contributed by atoms with van der Waals surface area (Å²) >= 11 is 7.13. The zero-order valence-electron chi connectivity index (χ0n) is 10.6. The topological polar surface area (TPSA) is 33.2 Å². The fraction of sp³-hybridized carbons (Fsp3) is 0.667. The summed E-state index contributed by atoms with van der Waals surface area (Å²) in [5, 5.41) is 1.01. The first-order chi connectivity index (χ1) is 8.87. The van der Waals surface area contributed by atoms with E-state index in [-0.39, 0.29) is 23.9 Å². The monoisotopic (exact) mass is 308 g/mol. The Morgan fingerprint density at radius 3 is 2.84 bits per heavy atom. The van der Waals surface area contributed by atoms with Crippen LogP contribution in [0, 0.1) is 6.92 Å². The number of alkyl halides is 2. The van der Waals surface area contributed by atoms with Crippen molar-refractivity contribution in [3.05, 3.63) is 15.0 Å². The second kappa shape index (κ2) is 5.81. The van der Waals surface area contributed by atoms with Crippen LogP contribution in [-0.4, -0.2) is 41.2 Å². The quantitative estimate of drug-likeness (QED) is 0.782. The Balaban J connectivity index is 1.77. The Morgan fingerprint density at radius 1 is 1.58 bits per heavy atom. The lowest BCUT2D eigenvalue weighted by Gasteiger charge is -2.14. The Morgan fingerprint density at radius 2 is 2.32 bits per heavy atom. The number of nitrogens with zero attached hydrogens (tertiary/aromatic N) is 2. The standard InChI is InChI=1S/C12H15ClF2N2OS/c1-8-16-11(13)10(19-8)9(18)3-2-5-17-6-4-12(14,15)7-17/h2-7H2,1H3. The van der Waals surface area contributed by atoms with Gasteiger partial charge in [-0.15, -0.1) is 11.3 Å². The number of hydrogen-bond acceptors (Lipinski definition) is 4. The largest absolute Gasteiger partial charge is 0.297 e. The summed E-state index contributed by atoms with van der Waals surface area (Å²) in [5.41, 5.74) is 0. The molecule has 0 bridgehead atoms. The molecule has 0 amide bonds. The molecule has 0 saturated carbocycles. The highest BCUT2D eigenvalue weighted by molar-refractivity contribution is 7.14. The smallest absolute Gasteiger partial charge is 0.261 e. The van der Waals surface area contributed by atoms with E-state index in [2.05, 4.69) is 4.98 Å². The third-order valence-electron chi connectivity index (χ3n) is 3.07. The van der Waals surface area contributed by atoms with Crippen LogP contribution in [0.15, 0.2) is 0 Å². The van der Waals surface area contributed by atoms with Crippen molar-refractivity contribution in [2.24, 2.45) is 0 Å². The van der Waals surface area contributed by atoms with Crippen molar-refractivity contribution in [2.75, 3.05) is 19.6 Å². The fourth-order valence-corrected chi connectivity index (χ4v) is 3.32. The second-order valence-electron chi connectivity index (χ2n) is 4.76. The van der Waals surface area contributed by atoms with Gasteiger partial charge >= 0.3 is 0 Å². The molecule has 0 atom stereocenters. The SMILES string of the molecule is Cc1nc(Cl)c(C(=O)CCCN2CCC(F)(F)C2)s1. The molecule has 1 aromatic rings. The number of carbonyl (C=O) groups is 1. The normalized spacial score (nSPS) is 18.9. The zero-order valence-corrected chi connectivity index (χ0v) is 12.2. The van der Waals surface area contributed by atoms with E-state index in [0.29, 0.717) is 30.8 Å². The molecule has 1 fully saturated rings. The first-order valence-corrected chi connectivity index (χ1v) is 7.33. The number of thiazole rings is 1. The number of rotatable bonds is 5. The molecule has 0 aromatic carbocycles. The summed E-state index contributed by atoms with van der Waals surface area (Å²) in [6, 6.07) is 0. The Kier molecular flexibility index (Phi) is 4.53. The summed E-state index contributed by atoms with van der Waals surface area (Å²) in [6.45, 7) is 2.53. The summed E-state index contributed by atoms with van der Waals surface area (Å²) in [5.74, 6) is -2.62. The summed E-state index contributed by atoms with van der Waals surface area (Å²) in [6.07, 6.45) is 0.812. The van der Waals surface area contributed by atoms with Gasteiger partial charge in [0, 0.05) is 19.4 Å².